The molecule has 1 rings (SSSR count). The SMILES string of the molecule is CO[C@@H](O)c1ccc(N(C)C)cc1. The van der Waals surface area contributed by atoms with E-state index in [9.17, 15) is 5.11 Å². The Kier molecular flexibility index (Phi) is 3.28. The molecule has 0 unspecified atom stereocenters. The van der Waals surface area contributed by atoms with Crippen molar-refractivity contribution in [2.24, 2.45) is 0 Å². The molecule has 0 saturated heterocycles. The van der Waals surface area contributed by atoms with Crippen LogP contribution in [0.3, 0.4) is 0 Å². The molecule has 0 aliphatic rings. The highest BCUT2D eigenvalue weighted by Crippen LogP contribution is 2.17. The molecular formula is C10H15NO2. The van der Waals surface area contributed by atoms with Gasteiger partial charge in [0.05, 0.1) is 0 Å². The average molecular weight is 181 g/mol. The van der Waals surface area contributed by atoms with Gasteiger partial charge in [-0.15, -0.1) is 0 Å². The van der Waals surface area contributed by atoms with E-state index in [0.717, 1.165) is 11.3 Å². The third kappa shape index (κ3) is 2.44. The highest BCUT2D eigenvalue weighted by atomic mass is 16.6. The summed E-state index contributed by atoms with van der Waals surface area (Å²) in [6, 6.07) is 7.59. The maximum atomic E-state index is 9.32. The van der Waals surface area contributed by atoms with Crippen LogP contribution in [0.15, 0.2) is 24.3 Å². The fourth-order valence-electron chi connectivity index (χ4n) is 1.07. The van der Waals surface area contributed by atoms with Crippen molar-refractivity contribution >= 4 is 5.69 Å². The Morgan fingerprint density at radius 1 is 1.23 bits per heavy atom. The Hall–Kier alpha value is -1.06. The molecule has 0 amide bonds. The third-order valence-electron chi connectivity index (χ3n) is 1.92. The van der Waals surface area contributed by atoms with Crippen LogP contribution in [-0.4, -0.2) is 26.3 Å². The van der Waals surface area contributed by atoms with E-state index in [1.165, 1.54) is 7.11 Å². The van der Waals surface area contributed by atoms with Crippen molar-refractivity contribution < 1.29 is 9.84 Å². The second-order valence-electron chi connectivity index (χ2n) is 3.07. The lowest BCUT2D eigenvalue weighted by molar-refractivity contribution is -0.0769. The fourth-order valence-corrected chi connectivity index (χ4v) is 1.07. The summed E-state index contributed by atoms with van der Waals surface area (Å²) in [6.45, 7) is 0. The molecule has 0 aliphatic heterocycles. The van der Waals surface area contributed by atoms with Crippen LogP contribution in [0, 0.1) is 0 Å². The molecule has 1 aromatic carbocycles. The summed E-state index contributed by atoms with van der Waals surface area (Å²) in [6.07, 6.45) is -0.823. The Morgan fingerprint density at radius 2 is 1.77 bits per heavy atom. The van der Waals surface area contributed by atoms with Gasteiger partial charge in [0.15, 0.2) is 6.29 Å². The van der Waals surface area contributed by atoms with Crippen LogP contribution in [0.25, 0.3) is 0 Å². The lowest BCUT2D eigenvalue weighted by atomic mass is 10.2. The lowest BCUT2D eigenvalue weighted by Gasteiger charge is -2.14. The molecule has 0 radical (unpaired) electrons. The first-order valence-electron chi connectivity index (χ1n) is 4.13. The summed E-state index contributed by atoms with van der Waals surface area (Å²) in [4.78, 5) is 2.00. The minimum absolute atomic E-state index is 0.771. The Balaban J connectivity index is 2.81. The van der Waals surface area contributed by atoms with Crippen molar-refractivity contribution in [1.29, 1.82) is 0 Å². The van der Waals surface area contributed by atoms with E-state index in [1.807, 2.05) is 43.3 Å². The quantitative estimate of drug-likeness (QED) is 0.715. The molecule has 0 aromatic heterocycles. The molecule has 1 atom stereocenters. The van der Waals surface area contributed by atoms with Crippen LogP contribution < -0.4 is 4.90 Å². The number of aliphatic hydroxyl groups excluding tert-OH is 1. The number of hydrogen-bond donors (Lipinski definition) is 1. The van der Waals surface area contributed by atoms with E-state index in [1.54, 1.807) is 0 Å². The van der Waals surface area contributed by atoms with E-state index in [2.05, 4.69) is 0 Å². The van der Waals surface area contributed by atoms with Crippen LogP contribution in [0.1, 0.15) is 11.9 Å². The molecule has 13 heavy (non-hydrogen) atoms. The zero-order valence-corrected chi connectivity index (χ0v) is 8.19. The van der Waals surface area contributed by atoms with Crippen LogP contribution in [0.4, 0.5) is 5.69 Å². The third-order valence-corrected chi connectivity index (χ3v) is 1.92. The summed E-state index contributed by atoms with van der Waals surface area (Å²) < 4.78 is 4.78. The number of ether oxygens (including phenoxy) is 1. The van der Waals surface area contributed by atoms with Gasteiger partial charge in [-0.25, -0.2) is 0 Å². The first-order chi connectivity index (χ1) is 6.15. The number of benzene rings is 1. The highest BCUT2D eigenvalue weighted by molar-refractivity contribution is 5.46. The zero-order valence-electron chi connectivity index (χ0n) is 8.19. The first kappa shape index (κ1) is 10.0. The van der Waals surface area contributed by atoms with Gasteiger partial charge in [0.2, 0.25) is 0 Å². The maximum absolute atomic E-state index is 9.32. The second kappa shape index (κ2) is 4.25. The minimum Gasteiger partial charge on any atom is -0.378 e. The van der Waals surface area contributed by atoms with Crippen molar-refractivity contribution in [3.05, 3.63) is 29.8 Å². The van der Waals surface area contributed by atoms with Crippen molar-refractivity contribution in [3.8, 4) is 0 Å². The van der Waals surface area contributed by atoms with Crippen molar-refractivity contribution in [2.45, 2.75) is 6.29 Å². The van der Waals surface area contributed by atoms with Crippen molar-refractivity contribution in [1.82, 2.24) is 0 Å². The van der Waals surface area contributed by atoms with Gasteiger partial charge in [-0.2, -0.15) is 0 Å². The highest BCUT2D eigenvalue weighted by Gasteiger charge is 2.04. The molecule has 1 N–H and O–H groups in total. The van der Waals surface area contributed by atoms with Crippen LogP contribution in [0.5, 0.6) is 0 Å². The topological polar surface area (TPSA) is 32.7 Å². The van der Waals surface area contributed by atoms with Gasteiger partial charge in [0, 0.05) is 32.5 Å². The van der Waals surface area contributed by atoms with Crippen LogP contribution in [-0.2, 0) is 4.74 Å². The number of rotatable bonds is 3. The van der Waals surface area contributed by atoms with Gasteiger partial charge in [0.25, 0.3) is 0 Å². The van der Waals surface area contributed by atoms with E-state index < -0.39 is 6.29 Å². The van der Waals surface area contributed by atoms with Gasteiger partial charge in [-0.05, 0) is 12.1 Å². The molecule has 3 nitrogen and oxygen atoms in total. The van der Waals surface area contributed by atoms with Crippen LogP contribution in [0.2, 0.25) is 0 Å². The average Bonchev–Trinajstić information content (AvgIpc) is 2.17. The molecule has 72 valence electrons. The molecular weight excluding hydrogens is 166 g/mol. The number of nitrogens with zero attached hydrogens (tertiary/aromatic N) is 1. The van der Waals surface area contributed by atoms with E-state index in [4.69, 9.17) is 4.74 Å². The molecule has 0 spiro atoms. The second-order valence-corrected chi connectivity index (χ2v) is 3.07. The Bertz CT molecular complexity index is 256. The molecule has 0 bridgehead atoms. The van der Waals surface area contributed by atoms with Crippen molar-refractivity contribution in [3.63, 3.8) is 0 Å². The Labute approximate surface area is 78.6 Å². The lowest BCUT2D eigenvalue weighted by Crippen LogP contribution is -2.08. The maximum Gasteiger partial charge on any atom is 0.180 e. The Morgan fingerprint density at radius 3 is 2.15 bits per heavy atom. The number of methoxy groups -OCH3 is 1. The number of anilines is 1. The first-order valence-corrected chi connectivity index (χ1v) is 4.13. The summed E-state index contributed by atoms with van der Waals surface area (Å²) in [7, 11) is 5.42. The number of hydrogen-bond acceptors (Lipinski definition) is 3. The zero-order chi connectivity index (χ0) is 9.84. The molecule has 0 heterocycles. The molecule has 3 heteroatoms. The van der Waals surface area contributed by atoms with Gasteiger partial charge < -0.3 is 14.7 Å². The number of aliphatic hydroxyl groups is 1. The monoisotopic (exact) mass is 181 g/mol. The van der Waals surface area contributed by atoms with Gasteiger partial charge in [-0.1, -0.05) is 12.1 Å². The summed E-state index contributed by atoms with van der Waals surface area (Å²) in [5, 5.41) is 9.32. The predicted octanol–water partition coefficient (Wildman–Crippen LogP) is 1.39. The van der Waals surface area contributed by atoms with E-state index >= 15 is 0 Å². The summed E-state index contributed by atoms with van der Waals surface area (Å²) in [5.74, 6) is 0. The molecule has 0 fully saturated rings. The van der Waals surface area contributed by atoms with Crippen molar-refractivity contribution in [2.75, 3.05) is 26.1 Å². The van der Waals surface area contributed by atoms with E-state index in [-0.39, 0.29) is 0 Å². The molecule has 1 aromatic rings. The standard InChI is InChI=1S/C10H15NO2/c1-11(2)9-6-4-8(5-7-9)10(12)13-3/h4-7,10,12H,1-3H3/t10-/m1/s1. The van der Waals surface area contributed by atoms with Gasteiger partial charge in [-0.3, -0.25) is 0 Å². The fraction of sp³-hybridized carbons (Fsp3) is 0.400. The molecule has 0 aliphatic carbocycles. The summed E-state index contributed by atoms with van der Waals surface area (Å²) >= 11 is 0. The minimum atomic E-state index is -0.823. The predicted molar refractivity (Wildman–Crippen MR) is 52.7 cm³/mol. The molecule has 0 saturated carbocycles. The largest absolute Gasteiger partial charge is 0.378 e. The van der Waals surface area contributed by atoms with E-state index in [0.29, 0.717) is 0 Å². The van der Waals surface area contributed by atoms with Crippen LogP contribution >= 0.6 is 0 Å². The van der Waals surface area contributed by atoms with Gasteiger partial charge >= 0.3 is 0 Å². The summed E-state index contributed by atoms with van der Waals surface area (Å²) in [5.41, 5.74) is 1.88. The van der Waals surface area contributed by atoms with Gasteiger partial charge in [0.1, 0.15) is 0 Å². The normalized spacial score (nSPS) is 12.6. The smallest absolute Gasteiger partial charge is 0.180 e.